The molecule has 3 amide bonds. The first kappa shape index (κ1) is 28.0. The molecule has 0 bridgehead atoms. The number of benzene rings is 1. The average Bonchev–Trinajstić information content (AvgIpc) is 2.86. The van der Waals surface area contributed by atoms with Crippen LogP contribution in [-0.4, -0.2) is 71.4 Å². The van der Waals surface area contributed by atoms with Crippen molar-refractivity contribution in [3.63, 3.8) is 0 Å². The van der Waals surface area contributed by atoms with Crippen LogP contribution in [0.15, 0.2) is 36.4 Å². The van der Waals surface area contributed by atoms with Gasteiger partial charge in [-0.1, -0.05) is 51.5 Å². The molecule has 0 radical (unpaired) electrons. The number of aliphatic hydroxyl groups excluding tert-OH is 1. The summed E-state index contributed by atoms with van der Waals surface area (Å²) in [6.45, 7) is 6.90. The largest absolute Gasteiger partial charge is 0.449 e. The van der Waals surface area contributed by atoms with Gasteiger partial charge in [0.1, 0.15) is 11.7 Å². The second kappa shape index (κ2) is 14.9. The molecule has 0 fully saturated rings. The number of nitrogens with one attached hydrogen (secondary N) is 3. The summed E-state index contributed by atoms with van der Waals surface area (Å²) in [5.74, 6) is -0.757. The van der Waals surface area contributed by atoms with Gasteiger partial charge in [0.2, 0.25) is 5.91 Å². The molecule has 0 saturated heterocycles. The molecule has 0 spiro atoms. The number of nitrogens with zero attached hydrogens (tertiary/aromatic N) is 2. The van der Waals surface area contributed by atoms with E-state index < -0.39 is 24.1 Å². The molecular weight excluding hydrogens is 450 g/mol. The van der Waals surface area contributed by atoms with Crippen molar-refractivity contribution in [1.82, 2.24) is 26.1 Å². The Bertz CT molecular complexity index is 970. The van der Waals surface area contributed by atoms with Crippen LogP contribution in [0.2, 0.25) is 0 Å². The number of hydrogen-bond acceptors (Lipinski definition) is 7. The maximum absolute atomic E-state index is 12.6. The summed E-state index contributed by atoms with van der Waals surface area (Å²) in [7, 11) is 0. The van der Waals surface area contributed by atoms with Gasteiger partial charge in [-0.05, 0) is 31.4 Å². The number of para-hydroxylation sites is 1. The second-order valence-corrected chi connectivity index (χ2v) is 8.20. The van der Waals surface area contributed by atoms with Crippen molar-refractivity contribution in [3.05, 3.63) is 42.1 Å². The minimum Gasteiger partial charge on any atom is -0.449 e. The van der Waals surface area contributed by atoms with E-state index in [1.165, 1.54) is 0 Å². The zero-order valence-electron chi connectivity index (χ0n) is 20.8. The molecule has 0 saturated carbocycles. The maximum Gasteiger partial charge on any atom is 0.421 e. The van der Waals surface area contributed by atoms with Crippen molar-refractivity contribution >= 4 is 28.8 Å². The number of aliphatic hydroxyl groups is 1. The van der Waals surface area contributed by atoms with Gasteiger partial charge in [-0.15, -0.1) is 0 Å². The molecule has 10 nitrogen and oxygen atoms in total. The Morgan fingerprint density at radius 1 is 1.11 bits per heavy atom. The predicted molar refractivity (Wildman–Crippen MR) is 134 cm³/mol. The molecular formula is C25H37N5O5. The number of aromatic nitrogens is 1. The molecule has 0 aliphatic rings. The molecule has 1 heterocycles. The minimum absolute atomic E-state index is 0.191. The molecule has 192 valence electrons. The van der Waals surface area contributed by atoms with Crippen molar-refractivity contribution in [2.75, 3.05) is 26.2 Å². The van der Waals surface area contributed by atoms with Gasteiger partial charge in [-0.3, -0.25) is 15.0 Å². The predicted octanol–water partition coefficient (Wildman–Crippen LogP) is 2.37. The number of unbranched alkanes of at least 4 members (excludes halogenated alkanes) is 1. The first-order valence-corrected chi connectivity index (χ1v) is 12.2. The number of amides is 3. The molecule has 0 aliphatic carbocycles. The highest BCUT2D eigenvalue weighted by Crippen LogP contribution is 2.12. The number of rotatable bonds is 14. The van der Waals surface area contributed by atoms with E-state index in [9.17, 15) is 19.5 Å². The highest BCUT2D eigenvalue weighted by molar-refractivity contribution is 5.97. The normalized spacial score (nSPS) is 12.7. The lowest BCUT2D eigenvalue weighted by molar-refractivity contribution is -0.123. The van der Waals surface area contributed by atoms with Crippen LogP contribution in [0.3, 0.4) is 0 Å². The molecule has 2 unspecified atom stereocenters. The van der Waals surface area contributed by atoms with E-state index in [0.717, 1.165) is 18.2 Å². The lowest BCUT2D eigenvalue weighted by Crippen LogP contribution is -2.48. The Morgan fingerprint density at radius 2 is 1.89 bits per heavy atom. The molecule has 35 heavy (non-hydrogen) atoms. The van der Waals surface area contributed by atoms with E-state index in [-0.39, 0.29) is 31.1 Å². The smallest absolute Gasteiger partial charge is 0.421 e. The fraction of sp³-hybridized carbons (Fsp3) is 0.520. The van der Waals surface area contributed by atoms with Gasteiger partial charge in [0.15, 0.2) is 0 Å². The van der Waals surface area contributed by atoms with Gasteiger partial charge >= 0.3 is 6.09 Å². The van der Waals surface area contributed by atoms with Crippen LogP contribution in [0, 0.1) is 0 Å². The zero-order valence-corrected chi connectivity index (χ0v) is 20.8. The van der Waals surface area contributed by atoms with E-state index in [1.807, 2.05) is 44.2 Å². The Kier molecular flexibility index (Phi) is 11.9. The number of hydrogen-bond donors (Lipinski definition) is 4. The quantitative estimate of drug-likeness (QED) is 0.237. The SMILES string of the molecule is CCCCOC(=O)NN(CC)CC(O)CCNC(=O)C(CC)NC(=O)c1ccc2ccccc2n1. The van der Waals surface area contributed by atoms with Crippen molar-refractivity contribution in [2.24, 2.45) is 0 Å². The van der Waals surface area contributed by atoms with Gasteiger partial charge in [0.05, 0.1) is 18.2 Å². The Balaban J connectivity index is 1.77. The summed E-state index contributed by atoms with van der Waals surface area (Å²) in [6, 6.07) is 10.2. The third kappa shape index (κ3) is 9.50. The van der Waals surface area contributed by atoms with Crippen LogP contribution in [0.25, 0.3) is 10.9 Å². The van der Waals surface area contributed by atoms with Crippen molar-refractivity contribution in [2.45, 2.75) is 58.6 Å². The Morgan fingerprint density at radius 3 is 2.60 bits per heavy atom. The molecule has 0 aliphatic heterocycles. The lowest BCUT2D eigenvalue weighted by Gasteiger charge is -2.24. The van der Waals surface area contributed by atoms with E-state index >= 15 is 0 Å². The van der Waals surface area contributed by atoms with Gasteiger partial charge in [-0.25, -0.2) is 14.8 Å². The van der Waals surface area contributed by atoms with Crippen LogP contribution in [0.4, 0.5) is 4.79 Å². The number of carbonyl (C=O) groups excluding carboxylic acids is 3. The van der Waals surface area contributed by atoms with E-state index in [4.69, 9.17) is 4.74 Å². The Hall–Kier alpha value is -3.24. The van der Waals surface area contributed by atoms with Gasteiger partial charge in [0.25, 0.3) is 5.91 Å². The number of ether oxygens (including phenoxy) is 1. The van der Waals surface area contributed by atoms with E-state index in [2.05, 4.69) is 21.0 Å². The average molecular weight is 488 g/mol. The van der Waals surface area contributed by atoms with Crippen LogP contribution in [0.5, 0.6) is 0 Å². The molecule has 1 aromatic heterocycles. The third-order valence-corrected chi connectivity index (χ3v) is 5.43. The second-order valence-electron chi connectivity index (χ2n) is 8.20. The first-order chi connectivity index (χ1) is 16.9. The first-order valence-electron chi connectivity index (χ1n) is 12.2. The van der Waals surface area contributed by atoms with Crippen molar-refractivity contribution in [3.8, 4) is 0 Å². The van der Waals surface area contributed by atoms with Crippen LogP contribution in [0.1, 0.15) is 56.9 Å². The van der Waals surface area contributed by atoms with E-state index in [1.54, 1.807) is 18.0 Å². The highest BCUT2D eigenvalue weighted by atomic mass is 16.6. The highest BCUT2D eigenvalue weighted by Gasteiger charge is 2.21. The number of fused-ring (bicyclic) bond motifs is 1. The molecule has 2 aromatic rings. The fourth-order valence-corrected chi connectivity index (χ4v) is 3.33. The van der Waals surface area contributed by atoms with Gasteiger partial charge in [0, 0.05) is 25.0 Å². The lowest BCUT2D eigenvalue weighted by atomic mass is 10.1. The number of carbonyl (C=O) groups is 3. The van der Waals surface area contributed by atoms with Gasteiger partial charge in [-0.2, -0.15) is 0 Å². The summed E-state index contributed by atoms with van der Waals surface area (Å²) in [5.41, 5.74) is 3.55. The number of hydrazine groups is 1. The summed E-state index contributed by atoms with van der Waals surface area (Å²) < 4.78 is 5.06. The standard InChI is InChI=1S/C25H37N5O5/c1-4-7-16-35-25(34)29-30(6-3)17-19(31)14-15-26-23(32)20(5-2)28-24(33)22-13-12-18-10-8-9-11-21(18)27-22/h8-13,19-20,31H,4-7,14-17H2,1-3H3,(H,26,32)(H,28,33)(H,29,34). The molecule has 2 rings (SSSR count). The van der Waals surface area contributed by atoms with E-state index in [0.29, 0.717) is 25.1 Å². The fourth-order valence-electron chi connectivity index (χ4n) is 3.33. The van der Waals surface area contributed by atoms with Crippen LogP contribution in [-0.2, 0) is 9.53 Å². The van der Waals surface area contributed by atoms with Gasteiger partial charge < -0.3 is 20.5 Å². The minimum atomic E-state index is -0.775. The zero-order chi connectivity index (χ0) is 25.6. The summed E-state index contributed by atoms with van der Waals surface area (Å²) in [4.78, 5) is 41.3. The Labute approximate surface area is 206 Å². The molecule has 4 N–H and O–H groups in total. The summed E-state index contributed by atoms with van der Waals surface area (Å²) in [5, 5.41) is 18.3. The summed E-state index contributed by atoms with van der Waals surface area (Å²) in [6.07, 6.45) is 1.08. The summed E-state index contributed by atoms with van der Waals surface area (Å²) >= 11 is 0. The van der Waals surface area contributed by atoms with Crippen LogP contribution < -0.4 is 16.1 Å². The molecule has 2 atom stereocenters. The maximum atomic E-state index is 12.6. The molecule has 1 aromatic carbocycles. The monoisotopic (exact) mass is 487 g/mol. The topological polar surface area (TPSA) is 133 Å². The van der Waals surface area contributed by atoms with Crippen LogP contribution >= 0.6 is 0 Å². The number of likely N-dealkylation sites (N-methyl/N-ethyl adjacent to an activating group) is 1. The van der Waals surface area contributed by atoms with Crippen molar-refractivity contribution in [1.29, 1.82) is 0 Å². The molecule has 10 heteroatoms. The van der Waals surface area contributed by atoms with Crippen molar-refractivity contribution < 1.29 is 24.2 Å². The number of pyridine rings is 1. The third-order valence-electron chi connectivity index (χ3n) is 5.43.